The third-order valence-electron chi connectivity index (χ3n) is 11.6. The summed E-state index contributed by atoms with van der Waals surface area (Å²) in [5, 5.41) is 0. The first-order valence-corrected chi connectivity index (χ1v) is 25.5. The highest BCUT2D eigenvalue weighted by Gasteiger charge is 2.31. The van der Waals surface area contributed by atoms with Crippen molar-refractivity contribution in [3.8, 4) is 34.5 Å². The molecule has 0 aliphatic rings. The second-order valence-electron chi connectivity index (χ2n) is 19.9. The summed E-state index contributed by atoms with van der Waals surface area (Å²) in [7, 11) is 0. The zero-order chi connectivity index (χ0) is 51.8. The molecule has 0 unspecified atom stereocenters. The lowest BCUT2D eigenvalue weighted by molar-refractivity contribution is 0.242. The number of rotatable bonds is 21. The van der Waals surface area contributed by atoms with E-state index in [4.69, 9.17) is 28.4 Å². The van der Waals surface area contributed by atoms with Gasteiger partial charge in [-0.1, -0.05) is 0 Å². The smallest absolute Gasteiger partial charge is 0.119 e. The normalized spacial score (nSPS) is 11.5. The zero-order valence-corrected chi connectivity index (χ0v) is 45.1. The van der Waals surface area contributed by atoms with E-state index in [1.54, 1.807) is 0 Å². The maximum Gasteiger partial charge on any atom is 0.119 e. The largest absolute Gasteiger partial charge is 0.491 e. The Morgan fingerprint density at radius 2 is 0.347 bits per heavy atom. The van der Waals surface area contributed by atoms with E-state index in [1.165, 1.54) is 0 Å². The molecular weight excluding hydrogens is 895 g/mol. The Bertz CT molecular complexity index is 2330. The number of ether oxygens (including phenoxy) is 6. The molecule has 0 spiro atoms. The van der Waals surface area contributed by atoms with E-state index in [0.29, 0.717) is 0 Å². The minimum absolute atomic E-state index is 0.0260. The van der Waals surface area contributed by atoms with Crippen LogP contribution in [0.2, 0.25) is 0 Å². The van der Waals surface area contributed by atoms with Gasteiger partial charge in [0.2, 0.25) is 0 Å². The summed E-state index contributed by atoms with van der Waals surface area (Å²) < 4.78 is 37.2. The highest BCUT2D eigenvalue weighted by molar-refractivity contribution is 5.97. The molecule has 0 saturated carbocycles. The standard InChI is InChI=1S/C63H75N3O6/c1-40(2)67-55-28-16-49(17-29-55)64(50-18-30-56(31-19-50)68-41(3)4)61-46(13)62(65(51-20-32-57(33-21-51)69-42(5)6)52-22-34-58(35-23-52)70-43(7)8)48(15)63(47(61)14)66(53-24-36-59(37-25-53)71-44(9)10)54-26-38-60(39-27-54)72-45(11)12/h16-45H,1-15H3. The van der Waals surface area contributed by atoms with Gasteiger partial charge >= 0.3 is 0 Å². The van der Waals surface area contributed by atoms with Gasteiger partial charge in [0.05, 0.1) is 53.7 Å². The van der Waals surface area contributed by atoms with Crippen LogP contribution < -0.4 is 43.1 Å². The molecule has 0 radical (unpaired) electrons. The molecule has 0 aliphatic heterocycles. The predicted molar refractivity (Wildman–Crippen MR) is 299 cm³/mol. The van der Waals surface area contributed by atoms with Crippen molar-refractivity contribution >= 4 is 51.2 Å². The van der Waals surface area contributed by atoms with Gasteiger partial charge in [0, 0.05) is 34.1 Å². The highest BCUT2D eigenvalue weighted by atomic mass is 16.5. The Morgan fingerprint density at radius 1 is 0.222 bits per heavy atom. The topological polar surface area (TPSA) is 65.1 Å². The third-order valence-corrected chi connectivity index (χ3v) is 11.6. The molecule has 9 nitrogen and oxygen atoms in total. The molecule has 0 heterocycles. The van der Waals surface area contributed by atoms with Crippen molar-refractivity contribution in [1.29, 1.82) is 0 Å². The second kappa shape index (κ2) is 23.3. The summed E-state index contributed by atoms with van der Waals surface area (Å²) in [6, 6.07) is 50.4. The summed E-state index contributed by atoms with van der Waals surface area (Å²) in [6.45, 7) is 31.3. The van der Waals surface area contributed by atoms with E-state index in [2.05, 4.69) is 181 Å². The maximum atomic E-state index is 6.21. The molecule has 9 heteroatoms. The molecule has 0 saturated heterocycles. The Balaban J connectivity index is 1.61. The summed E-state index contributed by atoms with van der Waals surface area (Å²) in [4.78, 5) is 7.10. The van der Waals surface area contributed by atoms with Crippen LogP contribution in [0.25, 0.3) is 0 Å². The van der Waals surface area contributed by atoms with Crippen molar-refractivity contribution in [2.24, 2.45) is 0 Å². The van der Waals surface area contributed by atoms with Gasteiger partial charge in [-0.15, -0.1) is 0 Å². The summed E-state index contributed by atoms with van der Waals surface area (Å²) in [6.07, 6.45) is 0.156. The van der Waals surface area contributed by atoms with Gasteiger partial charge in [0.25, 0.3) is 0 Å². The van der Waals surface area contributed by atoms with E-state index in [0.717, 1.165) is 102 Å². The van der Waals surface area contributed by atoms with Crippen LogP contribution in [0.3, 0.4) is 0 Å². The lowest BCUT2D eigenvalue weighted by atomic mass is 9.94. The predicted octanol–water partition coefficient (Wildman–Crippen LogP) is 17.7. The van der Waals surface area contributed by atoms with Crippen LogP contribution in [0.1, 0.15) is 99.8 Å². The maximum absolute atomic E-state index is 6.21. The van der Waals surface area contributed by atoms with Crippen molar-refractivity contribution < 1.29 is 28.4 Å². The van der Waals surface area contributed by atoms with Crippen LogP contribution in [0.5, 0.6) is 34.5 Å². The molecule has 0 amide bonds. The van der Waals surface area contributed by atoms with E-state index in [-0.39, 0.29) is 36.6 Å². The fourth-order valence-electron chi connectivity index (χ4n) is 9.08. The monoisotopic (exact) mass is 970 g/mol. The first kappa shape index (κ1) is 52.6. The van der Waals surface area contributed by atoms with E-state index in [9.17, 15) is 0 Å². The number of benzene rings is 7. The fraction of sp³-hybridized carbons (Fsp3) is 0.333. The fourth-order valence-corrected chi connectivity index (χ4v) is 9.08. The average Bonchev–Trinajstić information content (AvgIpc) is 3.32. The van der Waals surface area contributed by atoms with Crippen molar-refractivity contribution in [2.75, 3.05) is 14.7 Å². The second-order valence-corrected chi connectivity index (χ2v) is 19.9. The first-order chi connectivity index (χ1) is 34.4. The minimum Gasteiger partial charge on any atom is -0.491 e. The molecule has 7 aromatic carbocycles. The van der Waals surface area contributed by atoms with Crippen molar-refractivity contribution in [3.63, 3.8) is 0 Å². The van der Waals surface area contributed by atoms with Crippen LogP contribution >= 0.6 is 0 Å². The third kappa shape index (κ3) is 12.8. The Morgan fingerprint density at radius 3 is 0.458 bits per heavy atom. The SMILES string of the molecule is Cc1c(N(c2ccc(OC(C)C)cc2)c2ccc(OC(C)C)cc2)c(C)c(N(c2ccc(OC(C)C)cc2)c2ccc(OC(C)C)cc2)c(C)c1N(c1ccc(OC(C)C)cc1)c1ccc(OC(C)C)cc1. The molecule has 0 atom stereocenters. The van der Waals surface area contributed by atoms with E-state index >= 15 is 0 Å². The lowest BCUT2D eigenvalue weighted by Crippen LogP contribution is -2.22. The highest BCUT2D eigenvalue weighted by Crippen LogP contribution is 2.54. The number of anilines is 9. The molecular formula is C63H75N3O6. The summed E-state index contributed by atoms with van der Waals surface area (Å²) in [5.41, 5.74) is 12.0. The van der Waals surface area contributed by atoms with Crippen LogP contribution in [-0.4, -0.2) is 36.6 Å². The average molecular weight is 970 g/mol. The van der Waals surface area contributed by atoms with E-state index < -0.39 is 0 Å². The van der Waals surface area contributed by atoms with Crippen LogP contribution in [-0.2, 0) is 0 Å². The van der Waals surface area contributed by atoms with Gasteiger partial charge in [-0.05, 0) is 266 Å². The van der Waals surface area contributed by atoms with E-state index in [1.807, 2.05) is 83.1 Å². The van der Waals surface area contributed by atoms with Crippen molar-refractivity contribution in [3.05, 3.63) is 162 Å². The van der Waals surface area contributed by atoms with Gasteiger partial charge in [0.1, 0.15) is 34.5 Å². The molecule has 0 aromatic heterocycles. The van der Waals surface area contributed by atoms with Crippen LogP contribution in [0.4, 0.5) is 51.2 Å². The quantitative estimate of drug-likeness (QED) is 0.0700. The Labute approximate surface area is 429 Å². The number of hydrogen-bond donors (Lipinski definition) is 0. The van der Waals surface area contributed by atoms with Crippen LogP contribution in [0.15, 0.2) is 146 Å². The number of nitrogens with zero attached hydrogens (tertiary/aromatic N) is 3. The van der Waals surface area contributed by atoms with Gasteiger partial charge in [0.15, 0.2) is 0 Å². The zero-order valence-electron chi connectivity index (χ0n) is 45.1. The van der Waals surface area contributed by atoms with Crippen molar-refractivity contribution in [2.45, 2.75) is 140 Å². The molecule has 0 N–H and O–H groups in total. The molecule has 0 aliphatic carbocycles. The van der Waals surface area contributed by atoms with Gasteiger partial charge in [-0.2, -0.15) is 0 Å². The van der Waals surface area contributed by atoms with Crippen molar-refractivity contribution in [1.82, 2.24) is 0 Å². The molecule has 72 heavy (non-hydrogen) atoms. The summed E-state index contributed by atoms with van der Waals surface area (Å²) in [5.74, 6) is 4.81. The molecule has 7 rings (SSSR count). The molecule has 378 valence electrons. The summed E-state index contributed by atoms with van der Waals surface area (Å²) >= 11 is 0. The molecule has 0 bridgehead atoms. The van der Waals surface area contributed by atoms with Gasteiger partial charge in [-0.25, -0.2) is 0 Å². The Kier molecular flexibility index (Phi) is 17.0. The van der Waals surface area contributed by atoms with Crippen LogP contribution in [0, 0.1) is 20.8 Å². The van der Waals surface area contributed by atoms with Gasteiger partial charge in [-0.3, -0.25) is 0 Å². The van der Waals surface area contributed by atoms with Gasteiger partial charge < -0.3 is 43.1 Å². The minimum atomic E-state index is 0.0260. The Hall–Kier alpha value is -7.26. The molecule has 0 fully saturated rings. The lowest BCUT2D eigenvalue weighted by Gasteiger charge is -2.38. The first-order valence-electron chi connectivity index (χ1n) is 25.5. The number of hydrogen-bond acceptors (Lipinski definition) is 9. The molecule has 7 aromatic rings.